The monoisotopic (exact) mass is 604 g/mol. The smallest absolute Gasteiger partial charge is 0.337 e. The van der Waals surface area contributed by atoms with Crippen molar-refractivity contribution in [2.24, 2.45) is 4.99 Å². The van der Waals surface area contributed by atoms with Gasteiger partial charge in [-0.2, -0.15) is 0 Å². The summed E-state index contributed by atoms with van der Waals surface area (Å²) in [6.45, 7) is 5.01. The Hall–Kier alpha value is -4.34. The van der Waals surface area contributed by atoms with Crippen LogP contribution in [-0.2, 0) is 16.1 Å². The topological polar surface area (TPSA) is 88.4 Å². The predicted molar refractivity (Wildman–Crippen MR) is 162 cm³/mol. The van der Waals surface area contributed by atoms with E-state index in [1.165, 1.54) is 29.2 Å². The molecule has 0 unspecified atom stereocenters. The number of ether oxygens (including phenoxy) is 4. The minimum atomic E-state index is -0.766. The van der Waals surface area contributed by atoms with Crippen LogP contribution in [0.4, 0.5) is 0 Å². The summed E-state index contributed by atoms with van der Waals surface area (Å²) in [7, 11) is 1.30. The van der Waals surface area contributed by atoms with Gasteiger partial charge in [0.05, 0.1) is 36.5 Å². The number of benzene rings is 3. The van der Waals surface area contributed by atoms with E-state index in [1.807, 2.05) is 68.4 Å². The summed E-state index contributed by atoms with van der Waals surface area (Å²) in [5, 5.41) is 0.647. The zero-order valence-electron chi connectivity index (χ0n) is 23.3. The molecule has 0 bridgehead atoms. The number of nitrogens with zero attached hydrogens (tertiary/aromatic N) is 2. The minimum Gasteiger partial charge on any atom is -0.490 e. The van der Waals surface area contributed by atoms with Crippen LogP contribution < -0.4 is 29.1 Å². The number of esters is 1. The second-order valence-electron chi connectivity index (χ2n) is 9.24. The lowest BCUT2D eigenvalue weighted by Crippen LogP contribution is -2.39. The molecule has 4 aromatic rings. The Kier molecular flexibility index (Phi) is 9.09. The maximum atomic E-state index is 13.9. The molecule has 0 amide bonds. The molecule has 1 atom stereocenters. The Morgan fingerprint density at radius 1 is 1.00 bits per heavy atom. The molecule has 0 fully saturated rings. The van der Waals surface area contributed by atoms with E-state index in [-0.39, 0.29) is 11.1 Å². The van der Waals surface area contributed by atoms with Gasteiger partial charge in [-0.1, -0.05) is 53.3 Å². The van der Waals surface area contributed by atoms with Crippen LogP contribution >= 0.6 is 22.9 Å². The van der Waals surface area contributed by atoms with Gasteiger partial charge in [-0.25, -0.2) is 9.79 Å². The lowest BCUT2D eigenvalue weighted by atomic mass is 9.97. The number of carbonyl (C=O) groups excluding carboxylic acids is 1. The van der Waals surface area contributed by atoms with E-state index in [2.05, 4.69) is 4.99 Å². The van der Waals surface area contributed by atoms with Gasteiger partial charge in [0.2, 0.25) is 0 Å². The summed E-state index contributed by atoms with van der Waals surface area (Å²) in [5.41, 5.74) is 2.35. The van der Waals surface area contributed by atoms with Crippen molar-refractivity contribution in [1.82, 2.24) is 4.57 Å². The third-order valence-corrected chi connectivity index (χ3v) is 7.69. The highest BCUT2D eigenvalue weighted by molar-refractivity contribution is 7.07. The number of hydrogen-bond donors (Lipinski definition) is 0. The zero-order chi connectivity index (χ0) is 29.6. The molecule has 0 N–H and O–H groups in total. The molecular formula is C32H29ClN2O6S. The van der Waals surface area contributed by atoms with Crippen LogP contribution in [0.5, 0.6) is 17.2 Å². The van der Waals surface area contributed by atoms with Crippen LogP contribution in [0.2, 0.25) is 5.02 Å². The second kappa shape index (κ2) is 13.1. The fourth-order valence-electron chi connectivity index (χ4n) is 4.63. The standard InChI is InChI=1S/C32H29ClN2O6S/c1-4-39-26-13-12-22(17-27(26)40-5-2)29-25(31(37)38-3)18-34-32-35(29)30(36)28(42-32)16-20-8-7-11-24(15-20)41-19-21-9-6-10-23(33)14-21/h6-18,29H,4-5,19H2,1-3H3/b28-16+/t29-/m1/s1. The number of fused-ring (bicyclic) bond motifs is 1. The van der Waals surface area contributed by atoms with Crippen molar-refractivity contribution >= 4 is 35.0 Å². The highest BCUT2D eigenvalue weighted by Crippen LogP contribution is 2.35. The number of carbonyl (C=O) groups is 1. The van der Waals surface area contributed by atoms with Gasteiger partial charge >= 0.3 is 5.97 Å². The normalized spacial score (nSPS) is 14.4. The Bertz CT molecular complexity index is 1830. The summed E-state index contributed by atoms with van der Waals surface area (Å²) in [4.78, 5) is 31.6. The molecular weight excluding hydrogens is 576 g/mol. The van der Waals surface area contributed by atoms with Crippen molar-refractivity contribution in [3.8, 4) is 17.2 Å². The van der Waals surface area contributed by atoms with Crippen molar-refractivity contribution in [2.75, 3.05) is 20.3 Å². The van der Waals surface area contributed by atoms with Gasteiger partial charge in [0.15, 0.2) is 16.3 Å². The SMILES string of the molecule is CCOc1ccc([C@@H]2C(C(=O)OC)=CN=c3s/c(=C/c4cccc(OCc5cccc(Cl)c5)c4)c(=O)n32)cc1OCC. The average Bonchev–Trinajstić information content (AvgIpc) is 3.31. The Labute approximate surface area is 251 Å². The van der Waals surface area contributed by atoms with E-state index in [1.54, 1.807) is 18.2 Å². The molecule has 8 nitrogen and oxygen atoms in total. The van der Waals surface area contributed by atoms with E-state index < -0.39 is 12.0 Å². The number of thiazole rings is 1. The van der Waals surface area contributed by atoms with Crippen molar-refractivity contribution in [3.05, 3.63) is 120 Å². The Balaban J connectivity index is 1.53. The maximum Gasteiger partial charge on any atom is 0.337 e. The molecule has 0 radical (unpaired) electrons. The van der Waals surface area contributed by atoms with Crippen LogP contribution in [0.3, 0.4) is 0 Å². The largest absolute Gasteiger partial charge is 0.490 e. The lowest BCUT2D eigenvalue weighted by molar-refractivity contribution is -0.136. The summed E-state index contributed by atoms with van der Waals surface area (Å²) in [5.74, 6) is 1.18. The van der Waals surface area contributed by atoms with Gasteiger partial charge < -0.3 is 18.9 Å². The molecule has 0 aliphatic carbocycles. The second-order valence-corrected chi connectivity index (χ2v) is 10.7. The predicted octanol–water partition coefficient (Wildman–Crippen LogP) is 5.05. The number of hydrogen-bond acceptors (Lipinski definition) is 8. The zero-order valence-corrected chi connectivity index (χ0v) is 24.9. The molecule has 2 heterocycles. The maximum absolute atomic E-state index is 13.9. The Morgan fingerprint density at radius 2 is 1.79 bits per heavy atom. The highest BCUT2D eigenvalue weighted by Gasteiger charge is 2.31. The average molecular weight is 605 g/mol. The lowest BCUT2D eigenvalue weighted by Gasteiger charge is -2.23. The Morgan fingerprint density at radius 3 is 2.55 bits per heavy atom. The highest BCUT2D eigenvalue weighted by atomic mass is 35.5. The molecule has 1 aliphatic heterocycles. The van der Waals surface area contributed by atoms with Crippen LogP contribution in [-0.4, -0.2) is 30.9 Å². The molecule has 1 aromatic heterocycles. The van der Waals surface area contributed by atoms with Crippen LogP contribution in [0.25, 0.3) is 6.08 Å². The van der Waals surface area contributed by atoms with Gasteiger partial charge in [0.25, 0.3) is 5.56 Å². The van der Waals surface area contributed by atoms with E-state index in [9.17, 15) is 9.59 Å². The van der Waals surface area contributed by atoms with Gasteiger partial charge in [-0.3, -0.25) is 9.36 Å². The molecule has 3 aromatic carbocycles. The summed E-state index contributed by atoms with van der Waals surface area (Å²) >= 11 is 7.33. The summed E-state index contributed by atoms with van der Waals surface area (Å²) in [6, 6.07) is 19.6. The van der Waals surface area contributed by atoms with Crippen molar-refractivity contribution in [2.45, 2.75) is 26.5 Å². The first kappa shape index (κ1) is 29.2. The quantitative estimate of drug-likeness (QED) is 0.236. The summed E-state index contributed by atoms with van der Waals surface area (Å²) in [6.07, 6.45) is 3.26. The number of aromatic nitrogens is 1. The van der Waals surface area contributed by atoms with Gasteiger partial charge in [-0.05, 0) is 73.0 Å². The number of rotatable bonds is 10. The van der Waals surface area contributed by atoms with Crippen LogP contribution in [0.1, 0.15) is 36.6 Å². The fourth-order valence-corrected chi connectivity index (χ4v) is 5.81. The van der Waals surface area contributed by atoms with E-state index in [4.69, 9.17) is 30.5 Å². The number of methoxy groups -OCH3 is 1. The molecule has 1 aliphatic rings. The van der Waals surface area contributed by atoms with E-state index in [0.29, 0.717) is 57.0 Å². The van der Waals surface area contributed by atoms with Crippen LogP contribution in [0, 0.1) is 0 Å². The first-order valence-electron chi connectivity index (χ1n) is 13.4. The van der Waals surface area contributed by atoms with Gasteiger partial charge in [0.1, 0.15) is 12.4 Å². The van der Waals surface area contributed by atoms with E-state index >= 15 is 0 Å². The first-order valence-corrected chi connectivity index (χ1v) is 14.6. The molecule has 5 rings (SSSR count). The third kappa shape index (κ3) is 6.27. The van der Waals surface area contributed by atoms with Crippen molar-refractivity contribution in [3.63, 3.8) is 0 Å². The third-order valence-electron chi connectivity index (χ3n) is 6.46. The molecule has 10 heteroatoms. The first-order chi connectivity index (χ1) is 20.4. The van der Waals surface area contributed by atoms with Crippen LogP contribution in [0.15, 0.2) is 88.3 Å². The fraction of sp³-hybridized carbons (Fsp3) is 0.219. The molecule has 0 spiro atoms. The molecule has 216 valence electrons. The van der Waals surface area contributed by atoms with E-state index in [0.717, 1.165) is 11.1 Å². The minimum absolute atomic E-state index is 0.236. The van der Waals surface area contributed by atoms with Crippen molar-refractivity contribution in [1.29, 1.82) is 0 Å². The van der Waals surface area contributed by atoms with Gasteiger partial charge in [0, 0.05) is 11.2 Å². The number of halogens is 1. The summed E-state index contributed by atoms with van der Waals surface area (Å²) < 4.78 is 24.5. The van der Waals surface area contributed by atoms with Gasteiger partial charge in [-0.15, -0.1) is 0 Å². The molecule has 42 heavy (non-hydrogen) atoms. The molecule has 0 saturated heterocycles. The molecule has 0 saturated carbocycles. The van der Waals surface area contributed by atoms with Crippen molar-refractivity contribution < 1.29 is 23.7 Å².